The van der Waals surface area contributed by atoms with Crippen molar-refractivity contribution in [3.05, 3.63) is 29.3 Å². The van der Waals surface area contributed by atoms with Gasteiger partial charge in [0, 0.05) is 6.54 Å². The number of benzene rings is 1. The number of rotatable bonds is 2. The number of carbonyl (C=O) groups excluding carboxylic acids is 1. The topological polar surface area (TPSA) is 96.7 Å². The van der Waals surface area contributed by atoms with Crippen molar-refractivity contribution in [1.82, 2.24) is 20.7 Å². The molecule has 1 aromatic heterocycles. The van der Waals surface area contributed by atoms with Gasteiger partial charge in [0.1, 0.15) is 11.0 Å². The first-order valence-corrected chi connectivity index (χ1v) is 5.80. The van der Waals surface area contributed by atoms with Crippen molar-refractivity contribution in [3.8, 4) is 0 Å². The zero-order chi connectivity index (χ0) is 12.5. The van der Waals surface area contributed by atoms with Gasteiger partial charge in [0.2, 0.25) is 0 Å². The van der Waals surface area contributed by atoms with E-state index < -0.39 is 5.91 Å². The molecule has 1 aliphatic rings. The van der Waals surface area contributed by atoms with Gasteiger partial charge in [0.25, 0.3) is 5.91 Å². The quantitative estimate of drug-likeness (QED) is 0.712. The number of hydrogen-bond acceptors (Lipinski definition) is 4. The van der Waals surface area contributed by atoms with Crippen LogP contribution < -0.4 is 11.1 Å². The molecule has 4 N–H and O–H groups in total. The molecule has 2 aromatic rings. The van der Waals surface area contributed by atoms with Crippen molar-refractivity contribution in [2.75, 3.05) is 13.1 Å². The molecule has 0 bridgehead atoms. The van der Waals surface area contributed by atoms with Crippen LogP contribution in [0.3, 0.4) is 0 Å². The van der Waals surface area contributed by atoms with E-state index in [0.29, 0.717) is 16.6 Å². The number of hydrogen-bond donors (Lipinski definition) is 3. The highest BCUT2D eigenvalue weighted by Gasteiger charge is 2.14. The molecule has 0 spiro atoms. The molecule has 0 unspecified atom stereocenters. The highest BCUT2D eigenvalue weighted by molar-refractivity contribution is 6.05. The van der Waals surface area contributed by atoms with Gasteiger partial charge in [-0.15, -0.1) is 0 Å². The Morgan fingerprint density at radius 2 is 2.22 bits per heavy atom. The standard InChI is InChI=1S/C12H13N5O/c13-12(18)9-5-8(7-1-3-14-4-2-7)6-10-11(9)16-17-15-10/h1,5-6,14H,2-4H2,(H2,13,18)(H,15,16,17). The Hall–Kier alpha value is -2.21. The molecule has 6 nitrogen and oxygen atoms in total. The van der Waals surface area contributed by atoms with Gasteiger partial charge in [-0.05, 0) is 36.2 Å². The number of nitrogens with two attached hydrogens (primary N) is 1. The first-order chi connectivity index (χ1) is 8.75. The molecule has 18 heavy (non-hydrogen) atoms. The molecule has 0 atom stereocenters. The second-order valence-electron chi connectivity index (χ2n) is 4.26. The third-order valence-corrected chi connectivity index (χ3v) is 3.12. The lowest BCUT2D eigenvalue weighted by Crippen LogP contribution is -2.20. The Morgan fingerprint density at radius 1 is 1.33 bits per heavy atom. The van der Waals surface area contributed by atoms with Crippen LogP contribution in [-0.4, -0.2) is 34.4 Å². The average Bonchev–Trinajstić information content (AvgIpc) is 2.86. The lowest BCUT2D eigenvalue weighted by atomic mass is 9.97. The predicted molar refractivity (Wildman–Crippen MR) is 67.9 cm³/mol. The molecule has 1 aromatic carbocycles. The number of nitrogens with one attached hydrogen (secondary N) is 2. The molecule has 0 saturated heterocycles. The molecule has 0 fully saturated rings. The minimum absolute atomic E-state index is 0.413. The highest BCUT2D eigenvalue weighted by atomic mass is 16.1. The summed E-state index contributed by atoms with van der Waals surface area (Å²) in [4.78, 5) is 11.5. The lowest BCUT2D eigenvalue weighted by molar-refractivity contribution is 0.100. The highest BCUT2D eigenvalue weighted by Crippen LogP contribution is 2.25. The van der Waals surface area contributed by atoms with Crippen LogP contribution in [0.5, 0.6) is 0 Å². The molecule has 2 heterocycles. The van der Waals surface area contributed by atoms with Crippen LogP contribution in [0.4, 0.5) is 0 Å². The van der Waals surface area contributed by atoms with Crippen molar-refractivity contribution in [1.29, 1.82) is 0 Å². The fraction of sp³-hybridized carbons (Fsp3) is 0.250. The number of amides is 1. The third kappa shape index (κ3) is 1.76. The fourth-order valence-corrected chi connectivity index (χ4v) is 2.21. The van der Waals surface area contributed by atoms with Crippen LogP contribution in [0.15, 0.2) is 18.2 Å². The van der Waals surface area contributed by atoms with Gasteiger partial charge in [-0.25, -0.2) is 0 Å². The average molecular weight is 243 g/mol. The van der Waals surface area contributed by atoms with E-state index in [-0.39, 0.29) is 0 Å². The Labute approximate surface area is 103 Å². The molecule has 1 aliphatic heterocycles. The molecular formula is C12H13N5O. The van der Waals surface area contributed by atoms with E-state index in [0.717, 1.165) is 25.1 Å². The smallest absolute Gasteiger partial charge is 0.251 e. The second-order valence-corrected chi connectivity index (χ2v) is 4.26. The van der Waals surface area contributed by atoms with E-state index in [2.05, 4.69) is 26.8 Å². The van der Waals surface area contributed by atoms with Gasteiger partial charge in [0.05, 0.1) is 5.56 Å². The third-order valence-electron chi connectivity index (χ3n) is 3.12. The summed E-state index contributed by atoms with van der Waals surface area (Å²) in [5.41, 5.74) is 9.20. The van der Waals surface area contributed by atoms with Crippen LogP contribution in [0.2, 0.25) is 0 Å². The SMILES string of the molecule is NC(=O)c1cc(C2=CCNCC2)cc2n[nH]nc12. The number of aromatic nitrogens is 3. The predicted octanol–water partition coefficient (Wildman–Crippen LogP) is 0.433. The number of H-pyrrole nitrogens is 1. The molecule has 3 rings (SSSR count). The van der Waals surface area contributed by atoms with Gasteiger partial charge in [0.15, 0.2) is 0 Å². The number of aromatic amines is 1. The Morgan fingerprint density at radius 3 is 2.94 bits per heavy atom. The first-order valence-electron chi connectivity index (χ1n) is 5.80. The van der Waals surface area contributed by atoms with Gasteiger partial charge in [-0.1, -0.05) is 6.08 Å². The fourth-order valence-electron chi connectivity index (χ4n) is 2.21. The van der Waals surface area contributed by atoms with Crippen molar-refractivity contribution in [3.63, 3.8) is 0 Å². The number of fused-ring (bicyclic) bond motifs is 1. The summed E-state index contributed by atoms with van der Waals surface area (Å²) >= 11 is 0. The lowest BCUT2D eigenvalue weighted by Gasteiger charge is -2.14. The monoisotopic (exact) mass is 243 g/mol. The zero-order valence-corrected chi connectivity index (χ0v) is 9.73. The molecule has 0 aliphatic carbocycles. The van der Waals surface area contributed by atoms with Crippen molar-refractivity contribution >= 4 is 22.5 Å². The Kier molecular flexibility index (Phi) is 2.56. The van der Waals surface area contributed by atoms with Gasteiger partial charge >= 0.3 is 0 Å². The molecule has 6 heteroatoms. The Balaban J connectivity index is 2.18. The maximum absolute atomic E-state index is 11.5. The minimum atomic E-state index is -0.481. The van der Waals surface area contributed by atoms with Gasteiger partial charge in [-0.2, -0.15) is 15.4 Å². The molecule has 1 amide bonds. The van der Waals surface area contributed by atoms with E-state index in [9.17, 15) is 4.79 Å². The molecule has 0 saturated carbocycles. The van der Waals surface area contributed by atoms with E-state index >= 15 is 0 Å². The summed E-state index contributed by atoms with van der Waals surface area (Å²) in [5, 5.41) is 13.8. The van der Waals surface area contributed by atoms with Crippen LogP contribution in [0, 0.1) is 0 Å². The molecule has 0 radical (unpaired) electrons. The second kappa shape index (κ2) is 4.23. The maximum Gasteiger partial charge on any atom is 0.251 e. The van der Waals surface area contributed by atoms with Crippen LogP contribution in [-0.2, 0) is 0 Å². The van der Waals surface area contributed by atoms with Crippen LogP contribution >= 0.6 is 0 Å². The summed E-state index contributed by atoms with van der Waals surface area (Å²) in [7, 11) is 0. The summed E-state index contributed by atoms with van der Waals surface area (Å²) in [6, 6.07) is 3.73. The summed E-state index contributed by atoms with van der Waals surface area (Å²) in [5.74, 6) is -0.481. The van der Waals surface area contributed by atoms with Crippen molar-refractivity contribution in [2.45, 2.75) is 6.42 Å². The molecular weight excluding hydrogens is 230 g/mol. The Bertz CT molecular complexity index is 643. The van der Waals surface area contributed by atoms with Gasteiger partial charge in [-0.3, -0.25) is 4.79 Å². The van der Waals surface area contributed by atoms with Crippen LogP contribution in [0.1, 0.15) is 22.3 Å². The van der Waals surface area contributed by atoms with E-state index in [1.807, 2.05) is 6.07 Å². The van der Waals surface area contributed by atoms with E-state index in [1.165, 1.54) is 5.57 Å². The summed E-state index contributed by atoms with van der Waals surface area (Å²) in [6.07, 6.45) is 3.05. The van der Waals surface area contributed by atoms with Crippen molar-refractivity contribution in [2.24, 2.45) is 5.73 Å². The number of primary amides is 1. The van der Waals surface area contributed by atoms with E-state index in [4.69, 9.17) is 5.73 Å². The van der Waals surface area contributed by atoms with Gasteiger partial charge < -0.3 is 11.1 Å². The van der Waals surface area contributed by atoms with Crippen LogP contribution in [0.25, 0.3) is 16.6 Å². The summed E-state index contributed by atoms with van der Waals surface area (Å²) in [6.45, 7) is 1.78. The van der Waals surface area contributed by atoms with Crippen molar-refractivity contribution < 1.29 is 4.79 Å². The van der Waals surface area contributed by atoms with E-state index in [1.54, 1.807) is 6.07 Å². The zero-order valence-electron chi connectivity index (χ0n) is 9.73. The summed E-state index contributed by atoms with van der Waals surface area (Å²) < 4.78 is 0. The maximum atomic E-state index is 11.5. The molecule has 92 valence electrons. The normalized spacial score (nSPS) is 15.7. The first kappa shape index (κ1) is 10.9. The number of carbonyl (C=O) groups is 1. The minimum Gasteiger partial charge on any atom is -0.366 e. The number of nitrogens with zero attached hydrogens (tertiary/aromatic N) is 2. The largest absolute Gasteiger partial charge is 0.366 e.